The summed E-state index contributed by atoms with van der Waals surface area (Å²) < 4.78 is 0. The molecular weight excluding hydrogens is 167 g/mol. The van der Waals surface area contributed by atoms with Crippen molar-refractivity contribution < 1.29 is 37.5 Å². The second-order valence-corrected chi connectivity index (χ2v) is 1.04. The first-order valence-electron chi connectivity index (χ1n) is 1.97. The van der Waals surface area contributed by atoms with E-state index in [1.165, 1.54) is 0 Å². The predicted molar refractivity (Wildman–Crippen MR) is 24.0 cm³/mol. The van der Waals surface area contributed by atoms with E-state index in [-0.39, 0.29) is 32.7 Å². The number of nitrogens with two attached hydrogens (primary N) is 1. The Labute approximate surface area is 68.7 Å². The normalized spacial score (nSPS) is 7.00. The molecule has 0 aromatic heterocycles. The second kappa shape index (κ2) is 9.88. The van der Waals surface area contributed by atoms with Crippen molar-refractivity contribution >= 4 is 6.29 Å². The van der Waals surface area contributed by atoms with Crippen molar-refractivity contribution in [3.05, 3.63) is 0 Å². The zero-order valence-corrected chi connectivity index (χ0v) is 7.02. The largest absolute Gasteiger partial charge is 0.542 e. The van der Waals surface area contributed by atoms with Gasteiger partial charge in [0.1, 0.15) is 0 Å². The van der Waals surface area contributed by atoms with Crippen molar-refractivity contribution in [3.63, 3.8) is 0 Å². The summed E-state index contributed by atoms with van der Waals surface area (Å²) in [7, 11) is 0. The molecule has 0 rings (SSSR count). The molecule has 0 spiro atoms. The summed E-state index contributed by atoms with van der Waals surface area (Å²) in [4.78, 5) is 9.38. The summed E-state index contributed by atoms with van der Waals surface area (Å²) in [5, 5.41) is 0. The van der Waals surface area contributed by atoms with Crippen molar-refractivity contribution in [1.82, 2.24) is 0 Å². The molecule has 0 saturated heterocycles. The maximum absolute atomic E-state index is 9.38. The molecule has 3 heteroatoms. The second-order valence-electron chi connectivity index (χ2n) is 1.04. The van der Waals surface area contributed by atoms with Gasteiger partial charge in [-0.2, -0.15) is 6.42 Å². The van der Waals surface area contributed by atoms with E-state index in [9.17, 15) is 4.79 Å². The van der Waals surface area contributed by atoms with Crippen LogP contribution in [0.2, 0.25) is 0 Å². The average Bonchev–Trinajstić information content (AvgIpc) is 1.61. The number of hydrogen-bond donors (Lipinski definition) is 1. The summed E-state index contributed by atoms with van der Waals surface area (Å²) in [6.07, 6.45) is 2.99. The van der Waals surface area contributed by atoms with E-state index in [0.717, 1.165) is 6.42 Å². The summed E-state index contributed by atoms with van der Waals surface area (Å²) in [6, 6.07) is 0. The number of unbranched alkanes of at least 4 members (excludes halogenated alkanes) is 1. The van der Waals surface area contributed by atoms with E-state index in [2.05, 4.69) is 0 Å². The Bertz CT molecular complexity index is 40.7. The quantitative estimate of drug-likeness (QED) is 0.478. The summed E-state index contributed by atoms with van der Waals surface area (Å²) >= 11 is 0. The molecule has 0 aromatic carbocycles. The fraction of sp³-hybridized carbons (Fsp3) is 0.750. The molecule has 0 fully saturated rings. The summed E-state index contributed by atoms with van der Waals surface area (Å²) in [6.45, 7) is 0.592. The van der Waals surface area contributed by atoms with Crippen LogP contribution in [-0.2, 0) is 37.5 Å². The van der Waals surface area contributed by atoms with Crippen LogP contribution in [0, 0.1) is 0 Å². The summed E-state index contributed by atoms with van der Waals surface area (Å²) in [5.41, 5.74) is 5.04. The molecule has 0 amide bonds. The third-order valence-electron chi connectivity index (χ3n) is 0.483. The monoisotopic (exact) mass is 175 g/mol. The first kappa shape index (κ1) is 10.7. The van der Waals surface area contributed by atoms with E-state index in [0.29, 0.717) is 13.0 Å². The molecule has 39 valence electrons. The van der Waals surface area contributed by atoms with Crippen molar-refractivity contribution in [2.24, 2.45) is 5.73 Å². The van der Waals surface area contributed by atoms with E-state index in [4.69, 9.17) is 5.73 Å². The first-order valence-corrected chi connectivity index (χ1v) is 1.97. The van der Waals surface area contributed by atoms with Crippen molar-refractivity contribution in [1.29, 1.82) is 0 Å². The molecule has 0 aliphatic carbocycles. The maximum atomic E-state index is 9.38. The average molecular weight is 175 g/mol. The molecule has 1 radical (unpaired) electrons. The minimum absolute atomic E-state index is 0. The molecule has 0 saturated carbocycles. The fourth-order valence-corrected chi connectivity index (χ4v) is 0.174. The number of rotatable bonds is 3. The molecule has 2 nitrogen and oxygen atoms in total. The van der Waals surface area contributed by atoms with Gasteiger partial charge in [-0.1, -0.05) is 6.42 Å². The van der Waals surface area contributed by atoms with Gasteiger partial charge in [0.25, 0.3) is 0 Å². The van der Waals surface area contributed by atoms with Crippen LogP contribution < -0.4 is 5.73 Å². The zero-order valence-electron chi connectivity index (χ0n) is 4.18. The van der Waals surface area contributed by atoms with E-state index in [1.807, 2.05) is 0 Å². The molecule has 7 heavy (non-hydrogen) atoms. The van der Waals surface area contributed by atoms with Gasteiger partial charge in [-0.25, -0.2) is 0 Å². The van der Waals surface area contributed by atoms with Gasteiger partial charge < -0.3 is 10.5 Å². The number of carbonyl (C=O) groups excluding carboxylic acids is 1. The minimum atomic E-state index is 0. The van der Waals surface area contributed by atoms with Crippen LogP contribution in [0.1, 0.15) is 12.8 Å². The van der Waals surface area contributed by atoms with Gasteiger partial charge in [0, 0.05) is 32.7 Å². The smallest absolute Gasteiger partial charge is 0 e. The Morgan fingerprint density at radius 1 is 1.57 bits per heavy atom. The fourth-order valence-electron chi connectivity index (χ4n) is 0.174. The Morgan fingerprint density at radius 2 is 2.14 bits per heavy atom. The third-order valence-corrected chi connectivity index (χ3v) is 0.483. The van der Waals surface area contributed by atoms with E-state index in [1.54, 1.807) is 6.29 Å². The molecule has 0 aliphatic heterocycles. The van der Waals surface area contributed by atoms with Gasteiger partial charge >= 0.3 is 0 Å². The molecule has 2 N–H and O–H groups in total. The molecule has 0 unspecified atom stereocenters. The van der Waals surface area contributed by atoms with Crippen LogP contribution in [0.4, 0.5) is 0 Å². The molecule has 0 aliphatic rings. The SMILES string of the molecule is NCCC[C-]=O.[Y]. The molecule has 0 aromatic rings. The van der Waals surface area contributed by atoms with Crippen molar-refractivity contribution in [2.45, 2.75) is 12.8 Å². The van der Waals surface area contributed by atoms with Crippen LogP contribution in [0.15, 0.2) is 0 Å². The van der Waals surface area contributed by atoms with E-state index >= 15 is 0 Å². The van der Waals surface area contributed by atoms with E-state index < -0.39 is 0 Å². The minimum Gasteiger partial charge on any atom is -0.542 e. The predicted octanol–water partition coefficient (Wildman–Crippen LogP) is -0.167. The summed E-state index contributed by atoms with van der Waals surface area (Å²) in [5.74, 6) is 0. The molecular formula is C4H8NOY-. The van der Waals surface area contributed by atoms with Crippen LogP contribution >= 0.6 is 0 Å². The van der Waals surface area contributed by atoms with Crippen LogP contribution in [0.25, 0.3) is 0 Å². The van der Waals surface area contributed by atoms with Gasteiger partial charge in [-0.15, -0.1) is 0 Å². The van der Waals surface area contributed by atoms with Gasteiger partial charge in [-0.05, 0) is 6.54 Å². The topological polar surface area (TPSA) is 43.1 Å². The Hall–Kier alpha value is 0.734. The molecule has 0 heterocycles. The van der Waals surface area contributed by atoms with Gasteiger partial charge in [0.2, 0.25) is 0 Å². The first-order chi connectivity index (χ1) is 2.91. The van der Waals surface area contributed by atoms with Gasteiger partial charge in [0.05, 0.1) is 0 Å². The third kappa shape index (κ3) is 10.8. The zero-order chi connectivity index (χ0) is 4.83. The number of hydrogen-bond acceptors (Lipinski definition) is 2. The standard InChI is InChI=1S/C4H8NO.Y/c5-3-1-2-4-6;/h1-3,5H2;/q-1;. The van der Waals surface area contributed by atoms with Crippen molar-refractivity contribution in [3.8, 4) is 0 Å². The van der Waals surface area contributed by atoms with Crippen LogP contribution in [0.3, 0.4) is 0 Å². The molecule has 0 bridgehead atoms. The van der Waals surface area contributed by atoms with Crippen LogP contribution in [0.5, 0.6) is 0 Å². The molecule has 0 atom stereocenters. The Kier molecular flexibility index (Phi) is 15.1. The Morgan fingerprint density at radius 3 is 2.29 bits per heavy atom. The van der Waals surface area contributed by atoms with Crippen LogP contribution in [-0.4, -0.2) is 12.8 Å². The van der Waals surface area contributed by atoms with Gasteiger partial charge in [0.15, 0.2) is 0 Å². The van der Waals surface area contributed by atoms with Crippen molar-refractivity contribution in [2.75, 3.05) is 6.54 Å². The maximum Gasteiger partial charge on any atom is 0 e. The Balaban J connectivity index is 0. The van der Waals surface area contributed by atoms with Gasteiger partial charge in [-0.3, -0.25) is 6.29 Å².